The van der Waals surface area contributed by atoms with Crippen LogP contribution >= 0.6 is 0 Å². The van der Waals surface area contributed by atoms with E-state index in [2.05, 4.69) is 10.5 Å². The first-order valence-corrected chi connectivity index (χ1v) is 8.64. The van der Waals surface area contributed by atoms with Crippen molar-refractivity contribution in [3.8, 4) is 11.5 Å². The first-order chi connectivity index (χ1) is 14.0. The van der Waals surface area contributed by atoms with Crippen LogP contribution in [0, 0.1) is 15.9 Å². The number of methoxy groups -OCH3 is 1. The highest BCUT2D eigenvalue weighted by Gasteiger charge is 2.06. The number of nitro benzene ring substituents is 1. The van der Waals surface area contributed by atoms with Gasteiger partial charge >= 0.3 is 0 Å². The molecule has 3 rings (SSSR count). The van der Waals surface area contributed by atoms with Crippen molar-refractivity contribution >= 4 is 17.6 Å². The molecule has 0 heterocycles. The van der Waals surface area contributed by atoms with E-state index >= 15 is 0 Å². The lowest BCUT2D eigenvalue weighted by molar-refractivity contribution is -0.384. The van der Waals surface area contributed by atoms with E-state index in [0.717, 1.165) is 11.1 Å². The molecule has 0 spiro atoms. The maximum Gasteiger partial charge on any atom is 0.269 e. The average Bonchev–Trinajstić information content (AvgIpc) is 2.74. The predicted molar refractivity (Wildman–Crippen MR) is 108 cm³/mol. The van der Waals surface area contributed by atoms with E-state index in [1.54, 1.807) is 43.7 Å². The molecule has 1 N–H and O–H groups in total. The van der Waals surface area contributed by atoms with Gasteiger partial charge < -0.3 is 9.47 Å². The zero-order chi connectivity index (χ0) is 20.6. The fourth-order valence-electron chi connectivity index (χ4n) is 2.52. The SMILES string of the molecule is COc1ccc(/C=N/Nc2ccc([N+](=O)[O-])cc2)cc1COc1ccc(F)cc1. The van der Waals surface area contributed by atoms with Crippen LogP contribution in [0.25, 0.3) is 0 Å². The number of anilines is 1. The molecule has 0 unspecified atom stereocenters. The van der Waals surface area contributed by atoms with Gasteiger partial charge in [-0.15, -0.1) is 0 Å². The Balaban J connectivity index is 1.66. The molecule has 3 aromatic rings. The third kappa shape index (κ3) is 5.52. The fraction of sp³-hybridized carbons (Fsp3) is 0.0952. The molecular formula is C21H18FN3O4. The summed E-state index contributed by atoms with van der Waals surface area (Å²) in [5, 5.41) is 14.8. The van der Waals surface area contributed by atoms with Gasteiger partial charge in [0.1, 0.15) is 23.9 Å². The van der Waals surface area contributed by atoms with Crippen LogP contribution in [0.15, 0.2) is 71.8 Å². The Hall–Kier alpha value is -3.94. The Morgan fingerprint density at radius 1 is 1.10 bits per heavy atom. The molecule has 0 aliphatic carbocycles. The smallest absolute Gasteiger partial charge is 0.269 e. The number of benzene rings is 3. The van der Waals surface area contributed by atoms with Gasteiger partial charge in [0.25, 0.3) is 5.69 Å². The van der Waals surface area contributed by atoms with Crippen molar-refractivity contribution in [1.82, 2.24) is 0 Å². The van der Waals surface area contributed by atoms with Crippen LogP contribution in [0.2, 0.25) is 0 Å². The van der Waals surface area contributed by atoms with Crippen LogP contribution in [0.1, 0.15) is 11.1 Å². The Kier molecular flexibility index (Phi) is 6.36. The summed E-state index contributed by atoms with van der Waals surface area (Å²) in [6.07, 6.45) is 1.61. The van der Waals surface area contributed by atoms with E-state index in [1.165, 1.54) is 24.3 Å². The van der Waals surface area contributed by atoms with Gasteiger partial charge in [-0.3, -0.25) is 15.5 Å². The molecule has 7 nitrogen and oxygen atoms in total. The number of rotatable bonds is 8. The number of nitro groups is 1. The van der Waals surface area contributed by atoms with Gasteiger partial charge in [-0.05, 0) is 60.2 Å². The van der Waals surface area contributed by atoms with Gasteiger partial charge in [0.05, 0.1) is 23.9 Å². The minimum Gasteiger partial charge on any atom is -0.496 e. The van der Waals surface area contributed by atoms with Crippen LogP contribution in [0.3, 0.4) is 0 Å². The molecule has 0 fully saturated rings. The number of hydrogen-bond donors (Lipinski definition) is 1. The minimum absolute atomic E-state index is 0.0143. The van der Waals surface area contributed by atoms with Crippen LogP contribution in [0.5, 0.6) is 11.5 Å². The number of hydrazone groups is 1. The van der Waals surface area contributed by atoms with Gasteiger partial charge in [0.15, 0.2) is 0 Å². The topological polar surface area (TPSA) is 86.0 Å². The fourth-order valence-corrected chi connectivity index (χ4v) is 2.52. The van der Waals surface area contributed by atoms with E-state index in [0.29, 0.717) is 17.2 Å². The molecular weight excluding hydrogens is 377 g/mol. The zero-order valence-corrected chi connectivity index (χ0v) is 15.5. The number of hydrogen-bond acceptors (Lipinski definition) is 6. The first-order valence-electron chi connectivity index (χ1n) is 8.64. The van der Waals surface area contributed by atoms with Crippen LogP contribution in [0.4, 0.5) is 15.8 Å². The second kappa shape index (κ2) is 9.32. The number of ether oxygens (including phenoxy) is 2. The lowest BCUT2D eigenvalue weighted by Gasteiger charge is -2.11. The van der Waals surface area contributed by atoms with E-state index in [-0.39, 0.29) is 18.1 Å². The molecule has 0 aromatic heterocycles. The summed E-state index contributed by atoms with van der Waals surface area (Å²) >= 11 is 0. The van der Waals surface area contributed by atoms with Crippen molar-refractivity contribution in [3.05, 3.63) is 93.8 Å². The summed E-state index contributed by atoms with van der Waals surface area (Å²) in [7, 11) is 1.57. The summed E-state index contributed by atoms with van der Waals surface area (Å²) in [6.45, 7) is 0.242. The average molecular weight is 395 g/mol. The summed E-state index contributed by atoms with van der Waals surface area (Å²) in [6, 6.07) is 17.2. The molecule has 0 atom stereocenters. The highest BCUT2D eigenvalue weighted by molar-refractivity contribution is 5.81. The second-order valence-corrected chi connectivity index (χ2v) is 5.99. The maximum atomic E-state index is 13.0. The van der Waals surface area contributed by atoms with Crippen molar-refractivity contribution in [1.29, 1.82) is 0 Å². The molecule has 0 radical (unpaired) electrons. The van der Waals surface area contributed by atoms with Gasteiger partial charge in [0, 0.05) is 17.7 Å². The number of nitrogens with one attached hydrogen (secondary N) is 1. The summed E-state index contributed by atoms with van der Waals surface area (Å²) in [5.41, 5.74) is 5.06. The lowest BCUT2D eigenvalue weighted by Crippen LogP contribution is -2.00. The third-order valence-corrected chi connectivity index (χ3v) is 4.00. The molecule has 8 heteroatoms. The Morgan fingerprint density at radius 3 is 2.48 bits per heavy atom. The van der Waals surface area contributed by atoms with Crippen molar-refractivity contribution in [2.45, 2.75) is 6.61 Å². The lowest BCUT2D eigenvalue weighted by atomic mass is 10.1. The molecule has 0 bridgehead atoms. The van der Waals surface area contributed by atoms with Crippen LogP contribution in [-0.2, 0) is 6.61 Å². The first kappa shape index (κ1) is 19.8. The molecule has 0 amide bonds. The van der Waals surface area contributed by atoms with Gasteiger partial charge in [-0.1, -0.05) is 0 Å². The normalized spacial score (nSPS) is 10.7. The van der Waals surface area contributed by atoms with Gasteiger partial charge in [-0.25, -0.2) is 4.39 Å². The Labute approximate surface area is 166 Å². The molecule has 148 valence electrons. The summed E-state index contributed by atoms with van der Waals surface area (Å²) in [4.78, 5) is 10.2. The molecule has 0 aliphatic heterocycles. The van der Waals surface area contributed by atoms with Gasteiger partial charge in [0.2, 0.25) is 0 Å². The third-order valence-electron chi connectivity index (χ3n) is 4.00. The monoisotopic (exact) mass is 395 g/mol. The van der Waals surface area contributed by atoms with E-state index in [9.17, 15) is 14.5 Å². The Morgan fingerprint density at radius 2 is 1.83 bits per heavy atom. The second-order valence-electron chi connectivity index (χ2n) is 5.99. The minimum atomic E-state index is -0.458. The predicted octanol–water partition coefficient (Wildman–Crippen LogP) is 4.77. The van der Waals surface area contributed by atoms with Crippen LogP contribution in [-0.4, -0.2) is 18.2 Å². The number of halogens is 1. The maximum absolute atomic E-state index is 13.0. The number of non-ortho nitro benzene ring substituents is 1. The molecule has 0 saturated carbocycles. The zero-order valence-electron chi connectivity index (χ0n) is 15.5. The largest absolute Gasteiger partial charge is 0.496 e. The van der Waals surface area contributed by atoms with Crippen molar-refractivity contribution in [2.75, 3.05) is 12.5 Å². The number of nitrogens with zero attached hydrogens (tertiary/aromatic N) is 2. The quantitative estimate of drug-likeness (QED) is 0.337. The van der Waals surface area contributed by atoms with E-state index in [1.807, 2.05) is 12.1 Å². The summed E-state index contributed by atoms with van der Waals surface area (Å²) in [5.74, 6) is 0.883. The molecule has 29 heavy (non-hydrogen) atoms. The van der Waals surface area contributed by atoms with E-state index in [4.69, 9.17) is 9.47 Å². The van der Waals surface area contributed by atoms with Crippen molar-refractivity contribution in [3.63, 3.8) is 0 Å². The highest BCUT2D eigenvalue weighted by Crippen LogP contribution is 2.22. The molecule has 3 aromatic carbocycles. The van der Waals surface area contributed by atoms with Crippen molar-refractivity contribution in [2.24, 2.45) is 5.10 Å². The molecule has 0 saturated heterocycles. The van der Waals surface area contributed by atoms with Gasteiger partial charge in [-0.2, -0.15) is 5.10 Å². The highest BCUT2D eigenvalue weighted by atomic mass is 19.1. The van der Waals surface area contributed by atoms with Crippen molar-refractivity contribution < 1.29 is 18.8 Å². The summed E-state index contributed by atoms with van der Waals surface area (Å²) < 4.78 is 24.0. The standard InChI is InChI=1S/C21H18FN3O4/c1-28-21-11-2-15(12-16(21)14-29-20-9-3-17(22)4-10-20)13-23-24-18-5-7-19(8-6-18)25(26)27/h2-13,24H,14H2,1H3/b23-13+. The van der Waals surface area contributed by atoms with Crippen LogP contribution < -0.4 is 14.9 Å². The van der Waals surface area contributed by atoms with E-state index < -0.39 is 4.92 Å². The Bertz CT molecular complexity index is 1010. The molecule has 0 aliphatic rings.